The summed E-state index contributed by atoms with van der Waals surface area (Å²) in [5.74, 6) is -0.370. The van der Waals surface area contributed by atoms with Gasteiger partial charge < -0.3 is 10.2 Å². The number of hydrogen-bond donors (Lipinski definition) is 1. The van der Waals surface area contributed by atoms with Crippen LogP contribution in [-0.2, 0) is 16.8 Å². The van der Waals surface area contributed by atoms with E-state index in [4.69, 9.17) is 0 Å². The second-order valence-electron chi connectivity index (χ2n) is 7.02. The highest BCUT2D eigenvalue weighted by molar-refractivity contribution is 5.94. The highest BCUT2D eigenvalue weighted by Gasteiger charge is 2.45. The van der Waals surface area contributed by atoms with Crippen molar-refractivity contribution in [2.24, 2.45) is 0 Å². The Morgan fingerprint density at radius 1 is 1.04 bits per heavy atom. The third-order valence-corrected chi connectivity index (χ3v) is 5.10. The fraction of sp³-hybridized carbons (Fsp3) is 0.333. The SMILES string of the molecule is CN(C)C(=O)c1ccc(CNC(=O)C2(c3ccc(F)cc3)CCC2)cc1. The van der Waals surface area contributed by atoms with Crippen LogP contribution in [0.4, 0.5) is 4.39 Å². The predicted octanol–water partition coefficient (Wildman–Crippen LogP) is 3.27. The van der Waals surface area contributed by atoms with Gasteiger partial charge in [-0.05, 0) is 48.2 Å². The maximum absolute atomic E-state index is 13.2. The van der Waals surface area contributed by atoms with E-state index in [1.807, 2.05) is 12.1 Å². The van der Waals surface area contributed by atoms with Crippen molar-refractivity contribution < 1.29 is 14.0 Å². The van der Waals surface area contributed by atoms with Gasteiger partial charge in [0.15, 0.2) is 0 Å². The molecule has 1 N–H and O–H groups in total. The van der Waals surface area contributed by atoms with Crippen LogP contribution in [-0.4, -0.2) is 30.8 Å². The highest BCUT2D eigenvalue weighted by atomic mass is 19.1. The van der Waals surface area contributed by atoms with Crippen molar-refractivity contribution in [1.82, 2.24) is 10.2 Å². The van der Waals surface area contributed by atoms with E-state index in [0.717, 1.165) is 30.4 Å². The zero-order chi connectivity index (χ0) is 18.7. The number of rotatable bonds is 5. The molecule has 0 aromatic heterocycles. The molecule has 1 saturated carbocycles. The molecule has 3 rings (SSSR count). The topological polar surface area (TPSA) is 49.4 Å². The maximum atomic E-state index is 13.2. The van der Waals surface area contributed by atoms with E-state index < -0.39 is 5.41 Å². The number of carbonyl (C=O) groups is 2. The second kappa shape index (κ2) is 7.28. The maximum Gasteiger partial charge on any atom is 0.253 e. The molecule has 1 fully saturated rings. The van der Waals surface area contributed by atoms with E-state index in [0.29, 0.717) is 12.1 Å². The Labute approximate surface area is 153 Å². The number of amides is 2. The van der Waals surface area contributed by atoms with Gasteiger partial charge in [0.05, 0.1) is 5.41 Å². The normalized spacial score (nSPS) is 15.0. The van der Waals surface area contributed by atoms with Gasteiger partial charge in [0.25, 0.3) is 5.91 Å². The molecule has 2 aromatic carbocycles. The van der Waals surface area contributed by atoms with E-state index in [1.54, 1.807) is 38.4 Å². The lowest BCUT2D eigenvalue weighted by atomic mass is 9.64. The van der Waals surface area contributed by atoms with Crippen LogP contribution in [0.1, 0.15) is 40.7 Å². The first-order valence-electron chi connectivity index (χ1n) is 8.77. The molecule has 0 bridgehead atoms. The standard InChI is InChI=1S/C21H23FN2O2/c1-24(2)19(25)16-6-4-15(5-7-16)14-23-20(26)21(12-3-13-21)17-8-10-18(22)11-9-17/h4-11H,3,12-14H2,1-2H3,(H,23,26). The van der Waals surface area contributed by atoms with Crippen LogP contribution in [0, 0.1) is 5.82 Å². The molecule has 0 aliphatic heterocycles. The van der Waals surface area contributed by atoms with E-state index in [-0.39, 0.29) is 17.6 Å². The molecule has 26 heavy (non-hydrogen) atoms. The van der Waals surface area contributed by atoms with Crippen molar-refractivity contribution in [3.63, 3.8) is 0 Å². The molecule has 0 saturated heterocycles. The molecule has 0 unspecified atom stereocenters. The Kier molecular flexibility index (Phi) is 5.07. The van der Waals surface area contributed by atoms with Gasteiger partial charge in [-0.1, -0.05) is 30.7 Å². The van der Waals surface area contributed by atoms with Crippen LogP contribution < -0.4 is 5.32 Å². The minimum absolute atomic E-state index is 0.0243. The Hall–Kier alpha value is -2.69. The first kappa shape index (κ1) is 18.1. The Morgan fingerprint density at radius 3 is 2.15 bits per heavy atom. The molecule has 2 amide bonds. The molecule has 0 atom stereocenters. The summed E-state index contributed by atoms with van der Waals surface area (Å²) in [4.78, 5) is 26.2. The minimum atomic E-state index is -0.547. The molecule has 1 aliphatic rings. The minimum Gasteiger partial charge on any atom is -0.351 e. The van der Waals surface area contributed by atoms with Crippen LogP contribution in [0.5, 0.6) is 0 Å². The molecule has 0 radical (unpaired) electrons. The number of nitrogens with zero attached hydrogens (tertiary/aromatic N) is 1. The third kappa shape index (κ3) is 3.47. The summed E-state index contributed by atoms with van der Waals surface area (Å²) in [6.45, 7) is 0.401. The van der Waals surface area contributed by atoms with Crippen molar-refractivity contribution in [3.8, 4) is 0 Å². The number of halogens is 1. The summed E-state index contributed by atoms with van der Waals surface area (Å²) in [5.41, 5.74) is 1.87. The van der Waals surface area contributed by atoms with Crippen molar-refractivity contribution in [2.75, 3.05) is 14.1 Å². The number of carbonyl (C=O) groups excluding carboxylic acids is 2. The van der Waals surface area contributed by atoms with E-state index in [2.05, 4.69) is 5.32 Å². The van der Waals surface area contributed by atoms with Crippen LogP contribution in [0.15, 0.2) is 48.5 Å². The van der Waals surface area contributed by atoms with Gasteiger partial charge >= 0.3 is 0 Å². The smallest absolute Gasteiger partial charge is 0.253 e. The molecule has 2 aromatic rings. The number of hydrogen-bond acceptors (Lipinski definition) is 2. The lowest BCUT2D eigenvalue weighted by molar-refractivity contribution is -0.130. The lowest BCUT2D eigenvalue weighted by Gasteiger charge is -2.40. The fourth-order valence-electron chi connectivity index (χ4n) is 3.32. The number of nitrogens with one attached hydrogen (secondary N) is 1. The fourth-order valence-corrected chi connectivity index (χ4v) is 3.32. The average molecular weight is 354 g/mol. The molecule has 136 valence electrons. The van der Waals surface area contributed by atoms with Gasteiger partial charge in [-0.25, -0.2) is 4.39 Å². The van der Waals surface area contributed by atoms with Gasteiger partial charge in [-0.2, -0.15) is 0 Å². The summed E-state index contributed by atoms with van der Waals surface area (Å²) in [6, 6.07) is 13.5. The van der Waals surface area contributed by atoms with Gasteiger partial charge in [0.2, 0.25) is 5.91 Å². The van der Waals surface area contributed by atoms with Crippen molar-refractivity contribution in [1.29, 1.82) is 0 Å². The van der Waals surface area contributed by atoms with Crippen molar-refractivity contribution >= 4 is 11.8 Å². The number of benzene rings is 2. The summed E-state index contributed by atoms with van der Waals surface area (Å²) < 4.78 is 13.2. The Bertz CT molecular complexity index is 794. The molecule has 0 heterocycles. The van der Waals surface area contributed by atoms with Crippen molar-refractivity contribution in [2.45, 2.75) is 31.2 Å². The summed E-state index contributed by atoms with van der Waals surface area (Å²) in [7, 11) is 3.42. The molecule has 1 aliphatic carbocycles. The predicted molar refractivity (Wildman–Crippen MR) is 98.2 cm³/mol. The van der Waals surface area contributed by atoms with Gasteiger partial charge in [0.1, 0.15) is 5.82 Å². The van der Waals surface area contributed by atoms with E-state index >= 15 is 0 Å². The van der Waals surface area contributed by atoms with Crippen LogP contribution >= 0.6 is 0 Å². The van der Waals surface area contributed by atoms with E-state index in [9.17, 15) is 14.0 Å². The lowest BCUT2D eigenvalue weighted by Crippen LogP contribution is -2.49. The Morgan fingerprint density at radius 2 is 1.65 bits per heavy atom. The first-order chi connectivity index (χ1) is 12.4. The second-order valence-corrected chi connectivity index (χ2v) is 7.02. The zero-order valence-electron chi connectivity index (χ0n) is 15.1. The summed E-state index contributed by atoms with van der Waals surface area (Å²) >= 11 is 0. The monoisotopic (exact) mass is 354 g/mol. The largest absolute Gasteiger partial charge is 0.351 e. The van der Waals surface area contributed by atoms with Crippen LogP contribution in [0.3, 0.4) is 0 Å². The summed E-state index contributed by atoms with van der Waals surface area (Å²) in [6.07, 6.45) is 2.55. The average Bonchev–Trinajstić information content (AvgIpc) is 2.60. The Balaban J connectivity index is 1.66. The van der Waals surface area contributed by atoms with Crippen LogP contribution in [0.2, 0.25) is 0 Å². The quantitative estimate of drug-likeness (QED) is 0.896. The summed E-state index contributed by atoms with van der Waals surface area (Å²) in [5, 5.41) is 3.00. The molecule has 5 heteroatoms. The van der Waals surface area contributed by atoms with Crippen LogP contribution in [0.25, 0.3) is 0 Å². The van der Waals surface area contributed by atoms with Crippen molar-refractivity contribution in [3.05, 3.63) is 71.0 Å². The van der Waals surface area contributed by atoms with Gasteiger partial charge in [0, 0.05) is 26.2 Å². The molecular weight excluding hydrogens is 331 g/mol. The molecular formula is C21H23FN2O2. The van der Waals surface area contributed by atoms with E-state index in [1.165, 1.54) is 17.0 Å². The van der Waals surface area contributed by atoms with Gasteiger partial charge in [-0.15, -0.1) is 0 Å². The zero-order valence-corrected chi connectivity index (χ0v) is 15.1. The highest BCUT2D eigenvalue weighted by Crippen LogP contribution is 2.44. The first-order valence-corrected chi connectivity index (χ1v) is 8.77. The molecule has 4 nitrogen and oxygen atoms in total. The molecule has 0 spiro atoms. The third-order valence-electron chi connectivity index (χ3n) is 5.10. The van der Waals surface area contributed by atoms with Gasteiger partial charge in [-0.3, -0.25) is 9.59 Å².